The lowest BCUT2D eigenvalue weighted by molar-refractivity contribution is -0.140. The predicted octanol–water partition coefficient (Wildman–Crippen LogP) is 3.42. The van der Waals surface area contributed by atoms with Gasteiger partial charge in [-0.3, -0.25) is 10.1 Å². The molecule has 2 aromatic rings. The first kappa shape index (κ1) is 16.2. The fourth-order valence-electron chi connectivity index (χ4n) is 2.16. The molecule has 0 fully saturated rings. The van der Waals surface area contributed by atoms with E-state index in [-0.39, 0.29) is 23.8 Å². The predicted molar refractivity (Wildman–Crippen MR) is 77.2 cm³/mol. The van der Waals surface area contributed by atoms with E-state index in [2.05, 4.69) is 5.32 Å². The van der Waals surface area contributed by atoms with E-state index in [4.69, 9.17) is 9.52 Å². The van der Waals surface area contributed by atoms with Gasteiger partial charge in [-0.25, -0.2) is 8.78 Å². The molecular weight excluding hydrogens is 292 g/mol. The third-order valence-electron chi connectivity index (χ3n) is 3.30. The summed E-state index contributed by atoms with van der Waals surface area (Å²) < 4.78 is 32.8. The number of hydrogen-bond donors (Lipinski definition) is 2. The van der Waals surface area contributed by atoms with Crippen LogP contribution in [0.25, 0.3) is 11.3 Å². The van der Waals surface area contributed by atoms with Crippen LogP contribution >= 0.6 is 0 Å². The van der Waals surface area contributed by atoms with Crippen LogP contribution < -0.4 is 5.32 Å². The number of nitrogens with one attached hydrogen (secondary N) is 1. The van der Waals surface area contributed by atoms with E-state index in [0.29, 0.717) is 5.76 Å². The summed E-state index contributed by atoms with van der Waals surface area (Å²) in [5.74, 6) is -2.00. The Bertz CT molecular complexity index is 647. The zero-order chi connectivity index (χ0) is 16.3. The third-order valence-corrected chi connectivity index (χ3v) is 3.30. The van der Waals surface area contributed by atoms with Crippen LogP contribution in [-0.2, 0) is 11.3 Å². The quantitative estimate of drug-likeness (QED) is 0.858. The minimum atomic E-state index is -0.957. The second kappa shape index (κ2) is 6.70. The molecule has 0 aliphatic rings. The molecule has 2 rings (SSSR count). The summed E-state index contributed by atoms with van der Waals surface area (Å²) >= 11 is 0. The lowest BCUT2D eigenvalue weighted by Crippen LogP contribution is -2.40. The Hall–Kier alpha value is -2.21. The summed E-state index contributed by atoms with van der Waals surface area (Å²) in [6.07, 6.45) is 0. The highest BCUT2D eigenvalue weighted by molar-refractivity contribution is 5.73. The van der Waals surface area contributed by atoms with Crippen molar-refractivity contribution in [2.24, 2.45) is 5.92 Å². The van der Waals surface area contributed by atoms with Crippen LogP contribution in [-0.4, -0.2) is 17.1 Å². The van der Waals surface area contributed by atoms with Gasteiger partial charge in [-0.05, 0) is 30.2 Å². The molecule has 1 heterocycles. The van der Waals surface area contributed by atoms with Crippen molar-refractivity contribution in [3.63, 3.8) is 0 Å². The van der Waals surface area contributed by atoms with Gasteiger partial charge in [0, 0.05) is 0 Å². The average Bonchev–Trinajstić information content (AvgIpc) is 2.86. The molecule has 2 N–H and O–H groups in total. The Kier molecular flexibility index (Phi) is 4.92. The first-order valence-electron chi connectivity index (χ1n) is 6.89. The molecule has 0 bridgehead atoms. The lowest BCUT2D eigenvalue weighted by Gasteiger charge is -2.16. The highest BCUT2D eigenvalue weighted by atomic mass is 19.1. The number of carbonyl (C=O) groups is 1. The number of halogens is 2. The normalized spacial score (nSPS) is 12.6. The highest BCUT2D eigenvalue weighted by Crippen LogP contribution is 2.27. The molecule has 0 unspecified atom stereocenters. The van der Waals surface area contributed by atoms with E-state index < -0.39 is 23.6 Å². The maximum atomic E-state index is 13.7. The maximum Gasteiger partial charge on any atom is 0.320 e. The Morgan fingerprint density at radius 1 is 1.23 bits per heavy atom. The smallest absolute Gasteiger partial charge is 0.320 e. The molecule has 4 nitrogen and oxygen atoms in total. The zero-order valence-corrected chi connectivity index (χ0v) is 12.3. The Morgan fingerprint density at radius 2 is 1.86 bits per heavy atom. The van der Waals surface area contributed by atoms with E-state index in [1.807, 2.05) is 0 Å². The van der Waals surface area contributed by atoms with Gasteiger partial charge in [-0.2, -0.15) is 0 Å². The minimum absolute atomic E-state index is 0.0730. The van der Waals surface area contributed by atoms with Gasteiger partial charge in [0.2, 0.25) is 0 Å². The fourth-order valence-corrected chi connectivity index (χ4v) is 2.16. The molecule has 0 spiro atoms. The second-order valence-corrected chi connectivity index (χ2v) is 5.30. The van der Waals surface area contributed by atoms with Crippen LogP contribution in [0.15, 0.2) is 34.7 Å². The number of furan rings is 1. The molecule has 0 aliphatic heterocycles. The van der Waals surface area contributed by atoms with Gasteiger partial charge in [-0.1, -0.05) is 19.9 Å². The molecule has 22 heavy (non-hydrogen) atoms. The molecule has 0 amide bonds. The summed E-state index contributed by atoms with van der Waals surface area (Å²) in [6.45, 7) is 3.73. The molecule has 0 radical (unpaired) electrons. The van der Waals surface area contributed by atoms with E-state index >= 15 is 0 Å². The van der Waals surface area contributed by atoms with E-state index in [0.717, 1.165) is 12.1 Å². The van der Waals surface area contributed by atoms with Crippen molar-refractivity contribution in [2.45, 2.75) is 26.4 Å². The van der Waals surface area contributed by atoms with Crippen molar-refractivity contribution in [1.29, 1.82) is 0 Å². The summed E-state index contributed by atoms with van der Waals surface area (Å²) in [5.41, 5.74) is -0.229. The van der Waals surface area contributed by atoms with Crippen LogP contribution in [0.3, 0.4) is 0 Å². The van der Waals surface area contributed by atoms with Crippen LogP contribution in [0.1, 0.15) is 19.6 Å². The lowest BCUT2D eigenvalue weighted by atomic mass is 10.1. The van der Waals surface area contributed by atoms with Gasteiger partial charge < -0.3 is 9.52 Å². The maximum absolute atomic E-state index is 13.7. The van der Waals surface area contributed by atoms with Gasteiger partial charge in [0.05, 0.1) is 12.1 Å². The SMILES string of the molecule is CC(C)[C@@H](NCc1ccc(-c2c(F)cccc2F)o1)C(=O)O. The van der Waals surface area contributed by atoms with Crippen LogP contribution in [0, 0.1) is 17.6 Å². The van der Waals surface area contributed by atoms with E-state index in [1.165, 1.54) is 12.1 Å². The number of aliphatic carboxylic acids is 1. The number of benzene rings is 1. The van der Waals surface area contributed by atoms with Crippen LogP contribution in [0.5, 0.6) is 0 Å². The van der Waals surface area contributed by atoms with Crippen molar-refractivity contribution >= 4 is 5.97 Å². The zero-order valence-electron chi connectivity index (χ0n) is 12.3. The minimum Gasteiger partial charge on any atom is -0.480 e. The summed E-state index contributed by atoms with van der Waals surface area (Å²) in [5, 5.41) is 11.9. The second-order valence-electron chi connectivity index (χ2n) is 5.30. The van der Waals surface area contributed by atoms with E-state index in [1.54, 1.807) is 19.9 Å². The van der Waals surface area contributed by atoms with E-state index in [9.17, 15) is 13.6 Å². The standard InChI is InChI=1S/C16H17F2NO3/c1-9(2)15(16(20)21)19-8-10-6-7-13(22-10)14-11(17)4-3-5-12(14)18/h3-7,9,15,19H,8H2,1-2H3,(H,20,21)/t15-/m1/s1. The molecule has 0 saturated heterocycles. The topological polar surface area (TPSA) is 62.5 Å². The molecule has 0 aliphatic carbocycles. The van der Waals surface area contributed by atoms with Gasteiger partial charge >= 0.3 is 5.97 Å². The fraction of sp³-hybridized carbons (Fsp3) is 0.312. The molecule has 0 saturated carbocycles. The first-order chi connectivity index (χ1) is 10.4. The largest absolute Gasteiger partial charge is 0.480 e. The van der Waals surface area contributed by atoms with Crippen molar-refractivity contribution in [1.82, 2.24) is 5.32 Å². The number of rotatable bonds is 6. The molecule has 1 aromatic carbocycles. The van der Waals surface area contributed by atoms with Crippen LogP contribution in [0.4, 0.5) is 8.78 Å². The molecular formula is C16H17F2NO3. The molecule has 1 aromatic heterocycles. The first-order valence-corrected chi connectivity index (χ1v) is 6.89. The molecule has 6 heteroatoms. The van der Waals surface area contributed by atoms with Crippen LogP contribution in [0.2, 0.25) is 0 Å². The molecule has 118 valence electrons. The Morgan fingerprint density at radius 3 is 2.41 bits per heavy atom. The van der Waals surface area contributed by atoms with Crippen molar-refractivity contribution in [3.8, 4) is 11.3 Å². The van der Waals surface area contributed by atoms with Gasteiger partial charge in [0.25, 0.3) is 0 Å². The Labute approximate surface area is 126 Å². The average molecular weight is 309 g/mol. The number of carboxylic acid groups (broad SMARTS) is 1. The molecule has 1 atom stereocenters. The highest BCUT2D eigenvalue weighted by Gasteiger charge is 2.21. The van der Waals surface area contributed by atoms with Crippen molar-refractivity contribution < 1.29 is 23.1 Å². The number of carboxylic acids is 1. The summed E-state index contributed by atoms with van der Waals surface area (Å²) in [7, 11) is 0. The third kappa shape index (κ3) is 3.51. The summed E-state index contributed by atoms with van der Waals surface area (Å²) in [6, 6.07) is 5.88. The monoisotopic (exact) mass is 309 g/mol. The van der Waals surface area contributed by atoms with Gasteiger partial charge in [0.1, 0.15) is 29.2 Å². The van der Waals surface area contributed by atoms with Gasteiger partial charge in [0.15, 0.2) is 0 Å². The van der Waals surface area contributed by atoms with Gasteiger partial charge in [-0.15, -0.1) is 0 Å². The Balaban J connectivity index is 2.14. The van der Waals surface area contributed by atoms with Crippen molar-refractivity contribution in [2.75, 3.05) is 0 Å². The summed E-state index contributed by atoms with van der Waals surface area (Å²) in [4.78, 5) is 11.1. The van der Waals surface area contributed by atoms with Crippen molar-refractivity contribution in [3.05, 3.63) is 47.7 Å². The number of hydrogen-bond acceptors (Lipinski definition) is 3.